The summed E-state index contributed by atoms with van der Waals surface area (Å²) in [4.78, 5) is 15.3. The van der Waals surface area contributed by atoms with Crippen molar-refractivity contribution in [3.8, 4) is 5.69 Å². The molecule has 1 aliphatic heterocycles. The summed E-state index contributed by atoms with van der Waals surface area (Å²) in [5.74, 6) is 2.75. The molecule has 1 saturated heterocycles. The number of hydrogen-bond donors (Lipinski definition) is 0. The maximum Gasteiger partial charge on any atom is 0.262 e. The van der Waals surface area contributed by atoms with Gasteiger partial charge in [0.1, 0.15) is 5.82 Å². The van der Waals surface area contributed by atoms with Gasteiger partial charge in [0.2, 0.25) is 11.7 Å². The lowest BCUT2D eigenvalue weighted by molar-refractivity contribution is 0.735. The number of aryl methyl sites for hydroxylation is 2. The predicted molar refractivity (Wildman–Crippen MR) is 138 cm³/mol. The van der Waals surface area contributed by atoms with Crippen molar-refractivity contribution in [1.82, 2.24) is 33.9 Å². The Morgan fingerprint density at radius 3 is 2.49 bits per heavy atom. The maximum atomic E-state index is 13.0. The number of benzene rings is 2. The quantitative estimate of drug-likeness (QED) is 0.337. The molecule has 10 heteroatoms. The highest BCUT2D eigenvalue weighted by molar-refractivity contribution is 7.98. The normalized spacial score (nSPS) is 13.9. The van der Waals surface area contributed by atoms with E-state index in [1.807, 2.05) is 35.6 Å². The zero-order valence-electron chi connectivity index (χ0n) is 19.8. The third-order valence-electron chi connectivity index (χ3n) is 6.52. The van der Waals surface area contributed by atoms with Gasteiger partial charge in [0.05, 0.1) is 22.3 Å². The van der Waals surface area contributed by atoms with E-state index >= 15 is 0 Å². The van der Waals surface area contributed by atoms with Gasteiger partial charge in [-0.05, 0) is 51.0 Å². The predicted octanol–water partition coefficient (Wildman–Crippen LogP) is 3.85. The number of rotatable bonds is 6. The van der Waals surface area contributed by atoms with Crippen molar-refractivity contribution in [2.24, 2.45) is 0 Å². The van der Waals surface area contributed by atoms with Gasteiger partial charge in [-0.25, -0.2) is 0 Å². The Morgan fingerprint density at radius 2 is 1.71 bits per heavy atom. The monoisotopic (exact) mass is 486 g/mol. The molecule has 1 fully saturated rings. The van der Waals surface area contributed by atoms with Gasteiger partial charge in [0.15, 0.2) is 5.16 Å². The molecule has 0 N–H and O–H groups in total. The molecule has 3 aromatic heterocycles. The molecule has 5 aromatic rings. The van der Waals surface area contributed by atoms with E-state index in [1.165, 1.54) is 18.4 Å². The average molecular weight is 487 g/mol. The standard InChI is InChI=1S/C25H26N8OS/c1-3-31-22(34)19-8-4-5-9-20(19)33-21(26-28-24(31)33)16-35-25-29-27-23(30-14-6-7-15-30)32(25)18-12-10-17(2)11-13-18/h4-5,8-13H,3,6-7,14-16H2,1-2H3. The summed E-state index contributed by atoms with van der Waals surface area (Å²) < 4.78 is 5.80. The first-order valence-electron chi connectivity index (χ1n) is 11.9. The van der Waals surface area contributed by atoms with Crippen LogP contribution >= 0.6 is 11.8 Å². The second kappa shape index (κ2) is 8.84. The van der Waals surface area contributed by atoms with Crippen LogP contribution in [0.1, 0.15) is 31.2 Å². The van der Waals surface area contributed by atoms with E-state index in [1.54, 1.807) is 16.3 Å². The summed E-state index contributed by atoms with van der Waals surface area (Å²) in [6.45, 7) is 6.54. The first kappa shape index (κ1) is 21.8. The van der Waals surface area contributed by atoms with E-state index in [9.17, 15) is 4.79 Å². The second-order valence-corrected chi connectivity index (χ2v) is 9.70. The van der Waals surface area contributed by atoms with E-state index in [4.69, 9.17) is 0 Å². The number of hydrogen-bond acceptors (Lipinski definition) is 7. The topological polar surface area (TPSA) is 86.1 Å². The minimum absolute atomic E-state index is 0.0448. The summed E-state index contributed by atoms with van der Waals surface area (Å²) in [5.41, 5.74) is 3.02. The van der Waals surface area contributed by atoms with E-state index in [0.717, 1.165) is 41.2 Å². The minimum atomic E-state index is -0.0448. The summed E-state index contributed by atoms with van der Waals surface area (Å²) in [6.07, 6.45) is 2.34. The molecule has 0 aliphatic carbocycles. The largest absolute Gasteiger partial charge is 0.341 e. The fraction of sp³-hybridized carbons (Fsp3) is 0.320. The highest BCUT2D eigenvalue weighted by atomic mass is 32.2. The minimum Gasteiger partial charge on any atom is -0.341 e. The van der Waals surface area contributed by atoms with Gasteiger partial charge < -0.3 is 4.90 Å². The second-order valence-electron chi connectivity index (χ2n) is 8.75. The van der Waals surface area contributed by atoms with E-state index in [-0.39, 0.29) is 5.56 Å². The van der Waals surface area contributed by atoms with Crippen LogP contribution in [0.5, 0.6) is 0 Å². The molecular formula is C25H26N8OS. The molecule has 0 spiro atoms. The SMILES string of the molecule is CCn1c(=O)c2ccccc2n2c(CSc3nnc(N4CCCC4)n3-c3ccc(C)cc3)nnc12. The highest BCUT2D eigenvalue weighted by Gasteiger charge is 2.23. The zero-order valence-corrected chi connectivity index (χ0v) is 20.6. The Bertz CT molecular complexity index is 1580. The van der Waals surface area contributed by atoms with Crippen molar-refractivity contribution in [3.63, 3.8) is 0 Å². The van der Waals surface area contributed by atoms with Crippen molar-refractivity contribution < 1.29 is 0 Å². The van der Waals surface area contributed by atoms with E-state index < -0.39 is 0 Å². The van der Waals surface area contributed by atoms with Crippen LogP contribution in [-0.2, 0) is 12.3 Å². The van der Waals surface area contributed by atoms with Crippen LogP contribution < -0.4 is 10.5 Å². The molecule has 1 aliphatic rings. The van der Waals surface area contributed by atoms with Gasteiger partial charge in [0, 0.05) is 19.6 Å². The third-order valence-corrected chi connectivity index (χ3v) is 7.44. The molecule has 35 heavy (non-hydrogen) atoms. The van der Waals surface area contributed by atoms with Gasteiger partial charge in [-0.1, -0.05) is 41.6 Å². The van der Waals surface area contributed by atoms with E-state index in [0.29, 0.717) is 23.5 Å². The molecule has 0 bridgehead atoms. The lowest BCUT2D eigenvalue weighted by atomic mass is 10.2. The van der Waals surface area contributed by atoms with Gasteiger partial charge in [-0.2, -0.15) is 0 Å². The first-order chi connectivity index (χ1) is 17.2. The molecule has 0 amide bonds. The number of thioether (sulfide) groups is 1. The fourth-order valence-corrected chi connectivity index (χ4v) is 5.58. The molecule has 0 atom stereocenters. The smallest absolute Gasteiger partial charge is 0.262 e. The van der Waals surface area contributed by atoms with Crippen LogP contribution in [-0.4, -0.2) is 47.0 Å². The molecule has 4 heterocycles. The van der Waals surface area contributed by atoms with Crippen molar-refractivity contribution in [2.75, 3.05) is 18.0 Å². The molecule has 6 rings (SSSR count). The fourth-order valence-electron chi connectivity index (χ4n) is 4.72. The number of fused-ring (bicyclic) bond motifs is 3. The van der Waals surface area contributed by atoms with Crippen LogP contribution in [0, 0.1) is 6.92 Å². The molecule has 0 saturated carbocycles. The Labute approximate surface area is 206 Å². The molecule has 9 nitrogen and oxygen atoms in total. The number of para-hydroxylation sites is 1. The van der Waals surface area contributed by atoms with Gasteiger partial charge in [-0.15, -0.1) is 20.4 Å². The van der Waals surface area contributed by atoms with Crippen LogP contribution in [0.25, 0.3) is 22.4 Å². The van der Waals surface area contributed by atoms with Crippen LogP contribution in [0.15, 0.2) is 58.5 Å². The van der Waals surface area contributed by atoms with Gasteiger partial charge >= 0.3 is 0 Å². The molecule has 0 unspecified atom stereocenters. The van der Waals surface area contributed by atoms with Gasteiger partial charge in [0.25, 0.3) is 5.56 Å². The van der Waals surface area contributed by atoms with Crippen molar-refractivity contribution in [3.05, 3.63) is 70.3 Å². The number of aromatic nitrogens is 7. The Balaban J connectivity index is 1.42. The number of anilines is 1. The first-order valence-corrected chi connectivity index (χ1v) is 12.9. The average Bonchev–Trinajstić information content (AvgIpc) is 3.63. The van der Waals surface area contributed by atoms with Crippen molar-refractivity contribution >= 4 is 34.4 Å². The van der Waals surface area contributed by atoms with Crippen LogP contribution in [0.2, 0.25) is 0 Å². The molecule has 178 valence electrons. The third kappa shape index (κ3) is 3.68. The Kier molecular flexibility index (Phi) is 5.52. The lowest BCUT2D eigenvalue weighted by Crippen LogP contribution is -2.22. The van der Waals surface area contributed by atoms with Crippen molar-refractivity contribution in [2.45, 2.75) is 44.1 Å². The molecule has 0 radical (unpaired) electrons. The Morgan fingerprint density at radius 1 is 0.943 bits per heavy atom. The summed E-state index contributed by atoms with van der Waals surface area (Å²) >= 11 is 1.58. The lowest BCUT2D eigenvalue weighted by Gasteiger charge is -2.18. The maximum absolute atomic E-state index is 13.0. The Hall–Kier alpha value is -3.66. The van der Waals surface area contributed by atoms with Crippen LogP contribution in [0.3, 0.4) is 0 Å². The van der Waals surface area contributed by atoms with Gasteiger partial charge in [-0.3, -0.25) is 18.3 Å². The zero-order chi connectivity index (χ0) is 23.9. The summed E-state index contributed by atoms with van der Waals surface area (Å²) in [7, 11) is 0. The van der Waals surface area contributed by atoms with Crippen molar-refractivity contribution in [1.29, 1.82) is 0 Å². The van der Waals surface area contributed by atoms with Crippen LogP contribution in [0.4, 0.5) is 5.95 Å². The van der Waals surface area contributed by atoms with E-state index in [2.05, 4.69) is 61.1 Å². The summed E-state index contributed by atoms with van der Waals surface area (Å²) in [5, 5.41) is 19.5. The summed E-state index contributed by atoms with van der Waals surface area (Å²) in [6, 6.07) is 16.1. The highest BCUT2D eigenvalue weighted by Crippen LogP contribution is 2.30. The molecular weight excluding hydrogens is 460 g/mol. The molecule has 2 aromatic carbocycles. The number of nitrogens with zero attached hydrogens (tertiary/aromatic N) is 8.